The van der Waals surface area contributed by atoms with E-state index in [-0.39, 0.29) is 28.7 Å². The first kappa shape index (κ1) is 23.6. The molecule has 2 aromatic heterocycles. The van der Waals surface area contributed by atoms with Gasteiger partial charge in [-0.25, -0.2) is 9.50 Å². The zero-order valence-corrected chi connectivity index (χ0v) is 20.7. The fraction of sp³-hybridized carbons (Fsp3) is 0.500. The van der Waals surface area contributed by atoms with Crippen LogP contribution in [0.4, 0.5) is 0 Å². The number of ether oxygens (including phenoxy) is 2. The van der Waals surface area contributed by atoms with Crippen molar-refractivity contribution < 1.29 is 19.4 Å². The van der Waals surface area contributed by atoms with Crippen molar-refractivity contribution in [1.29, 1.82) is 0 Å². The summed E-state index contributed by atoms with van der Waals surface area (Å²) in [4.78, 5) is 31.9. The van der Waals surface area contributed by atoms with Gasteiger partial charge in [-0.2, -0.15) is 5.10 Å². The van der Waals surface area contributed by atoms with Crippen LogP contribution in [0.5, 0.6) is 11.5 Å². The zero-order chi connectivity index (χ0) is 25.0. The lowest BCUT2D eigenvalue weighted by atomic mass is 9.90. The van der Waals surface area contributed by atoms with Gasteiger partial charge >= 0.3 is 0 Å². The summed E-state index contributed by atoms with van der Waals surface area (Å²) in [6, 6.07) is 5.26. The highest BCUT2D eigenvalue weighted by Crippen LogP contribution is 2.47. The molecule has 2 aliphatic rings. The lowest BCUT2D eigenvalue weighted by Crippen LogP contribution is -2.51. The summed E-state index contributed by atoms with van der Waals surface area (Å²) >= 11 is 6.42. The monoisotopic (exact) mass is 501 g/mol. The molecular formula is C24H28ClN5O5. The molecule has 1 aliphatic carbocycles. The van der Waals surface area contributed by atoms with Crippen LogP contribution in [0.3, 0.4) is 0 Å². The van der Waals surface area contributed by atoms with Crippen LogP contribution < -0.4 is 15.0 Å². The van der Waals surface area contributed by atoms with Crippen molar-refractivity contribution in [2.45, 2.75) is 44.8 Å². The van der Waals surface area contributed by atoms with E-state index in [9.17, 15) is 14.7 Å². The Kier molecular flexibility index (Phi) is 5.76. The van der Waals surface area contributed by atoms with Crippen molar-refractivity contribution in [3.8, 4) is 22.8 Å². The number of amides is 1. The minimum absolute atomic E-state index is 0.0557. The number of hydrogen-bond donors (Lipinski definition) is 1. The quantitative estimate of drug-likeness (QED) is 0.552. The number of aromatic nitrogens is 4. The maximum Gasteiger partial charge on any atom is 0.297 e. The van der Waals surface area contributed by atoms with Crippen molar-refractivity contribution in [2.75, 3.05) is 27.3 Å². The maximum atomic E-state index is 13.2. The Morgan fingerprint density at radius 1 is 1.14 bits per heavy atom. The number of hydrogen-bond acceptors (Lipinski definition) is 7. The fourth-order valence-electron chi connectivity index (χ4n) is 4.65. The summed E-state index contributed by atoms with van der Waals surface area (Å²) in [6.45, 7) is 2.98. The molecule has 3 aromatic rings. The number of benzene rings is 1. The topological polar surface area (TPSA) is 111 Å². The summed E-state index contributed by atoms with van der Waals surface area (Å²) in [5, 5.41) is 15.7. The van der Waals surface area contributed by atoms with Crippen molar-refractivity contribution >= 4 is 23.2 Å². The third-order valence-corrected chi connectivity index (χ3v) is 7.45. The molecule has 1 amide bonds. The van der Waals surface area contributed by atoms with Crippen LogP contribution in [0.25, 0.3) is 16.9 Å². The van der Waals surface area contributed by atoms with E-state index >= 15 is 0 Å². The van der Waals surface area contributed by atoms with Crippen LogP contribution in [0.2, 0.25) is 5.15 Å². The van der Waals surface area contributed by atoms with Crippen molar-refractivity contribution in [1.82, 2.24) is 24.1 Å². The Labute approximate surface area is 207 Å². The van der Waals surface area contributed by atoms with E-state index in [0.717, 1.165) is 12.8 Å². The molecule has 1 saturated heterocycles. The number of nitrogens with zero attached hydrogens (tertiary/aromatic N) is 5. The van der Waals surface area contributed by atoms with Crippen molar-refractivity contribution in [2.24, 2.45) is 5.41 Å². The number of halogens is 1. The molecule has 35 heavy (non-hydrogen) atoms. The molecule has 0 atom stereocenters. The number of piperidine rings is 1. The van der Waals surface area contributed by atoms with Gasteiger partial charge in [-0.15, -0.1) is 0 Å². The van der Waals surface area contributed by atoms with Crippen LogP contribution in [0.1, 0.15) is 32.6 Å². The predicted octanol–water partition coefficient (Wildman–Crippen LogP) is 2.38. The zero-order valence-electron chi connectivity index (χ0n) is 20.0. The number of likely N-dealkylation sites (tertiary alicyclic amines) is 1. The average molecular weight is 502 g/mol. The molecule has 0 bridgehead atoms. The van der Waals surface area contributed by atoms with E-state index in [2.05, 4.69) is 10.1 Å². The van der Waals surface area contributed by atoms with Crippen LogP contribution in [-0.2, 0) is 11.3 Å². The first-order valence-corrected chi connectivity index (χ1v) is 11.9. The van der Waals surface area contributed by atoms with Crippen LogP contribution in [-0.4, -0.2) is 68.0 Å². The van der Waals surface area contributed by atoms with E-state index in [1.165, 1.54) is 22.5 Å². The molecule has 5 rings (SSSR count). The van der Waals surface area contributed by atoms with Crippen LogP contribution in [0, 0.1) is 5.41 Å². The number of carbonyl (C=O) groups is 1. The van der Waals surface area contributed by atoms with E-state index in [1.54, 1.807) is 25.3 Å². The third kappa shape index (κ3) is 4.14. The molecule has 0 spiro atoms. The molecule has 1 N–H and O–H groups in total. The fourth-order valence-corrected chi connectivity index (χ4v) is 4.92. The molecule has 10 nitrogen and oxygen atoms in total. The van der Waals surface area contributed by atoms with Crippen LogP contribution in [0.15, 0.2) is 29.3 Å². The molecule has 186 valence electrons. The van der Waals surface area contributed by atoms with E-state index in [4.69, 9.17) is 21.1 Å². The number of imidazole rings is 1. The van der Waals surface area contributed by atoms with Gasteiger partial charge in [-0.05, 0) is 43.9 Å². The number of rotatable bonds is 6. The van der Waals surface area contributed by atoms with Gasteiger partial charge in [0, 0.05) is 24.1 Å². The van der Waals surface area contributed by atoms with Crippen LogP contribution >= 0.6 is 11.6 Å². The SMILES string of the molecule is COc1ccc(-c2c(Cl)nc3c(=O)n(CC4(O)CCN(C(=O)C5(C)CC5)CC4)cnn23)cc1OC. The molecular weight excluding hydrogens is 474 g/mol. The van der Waals surface area contributed by atoms with E-state index in [0.29, 0.717) is 48.7 Å². The van der Waals surface area contributed by atoms with E-state index < -0.39 is 11.2 Å². The van der Waals surface area contributed by atoms with Crippen molar-refractivity contribution in [3.05, 3.63) is 40.0 Å². The van der Waals surface area contributed by atoms with Gasteiger partial charge in [-0.1, -0.05) is 18.5 Å². The Balaban J connectivity index is 1.40. The highest BCUT2D eigenvalue weighted by molar-refractivity contribution is 6.32. The lowest BCUT2D eigenvalue weighted by molar-refractivity contribution is -0.141. The normalized spacial score (nSPS) is 18.5. The predicted molar refractivity (Wildman–Crippen MR) is 129 cm³/mol. The Bertz CT molecular complexity index is 1350. The molecule has 11 heteroatoms. The molecule has 1 aliphatic heterocycles. The molecule has 3 heterocycles. The Morgan fingerprint density at radius 2 is 1.83 bits per heavy atom. The summed E-state index contributed by atoms with van der Waals surface area (Å²) in [6.07, 6.45) is 4.01. The highest BCUT2D eigenvalue weighted by atomic mass is 35.5. The molecule has 1 saturated carbocycles. The number of carbonyl (C=O) groups excluding carboxylic acids is 1. The van der Waals surface area contributed by atoms with Gasteiger partial charge in [0.25, 0.3) is 5.56 Å². The second kappa shape index (κ2) is 8.53. The standard InChI is InChI=1S/C24H28ClN5O5/c1-23(6-7-23)22(32)28-10-8-24(33,9-11-28)13-29-14-26-30-18(19(25)27-20(30)21(29)31)15-4-5-16(34-2)17(12-15)35-3/h4-5,12,14,33H,6-11,13H2,1-3H3. The van der Waals surface area contributed by atoms with Crippen molar-refractivity contribution in [3.63, 3.8) is 0 Å². The second-order valence-electron chi connectivity index (χ2n) is 9.70. The average Bonchev–Trinajstić information content (AvgIpc) is 3.51. The number of aliphatic hydroxyl groups is 1. The van der Waals surface area contributed by atoms with Gasteiger partial charge in [-0.3, -0.25) is 14.2 Å². The minimum Gasteiger partial charge on any atom is -0.493 e. The Morgan fingerprint density at radius 3 is 2.46 bits per heavy atom. The summed E-state index contributed by atoms with van der Waals surface area (Å²) in [5.74, 6) is 1.23. The maximum absolute atomic E-state index is 13.2. The molecule has 2 fully saturated rings. The first-order valence-electron chi connectivity index (χ1n) is 11.6. The first-order chi connectivity index (χ1) is 16.7. The summed E-state index contributed by atoms with van der Waals surface area (Å²) in [5.41, 5.74) is -0.595. The molecule has 0 radical (unpaired) electrons. The summed E-state index contributed by atoms with van der Waals surface area (Å²) in [7, 11) is 3.08. The van der Waals surface area contributed by atoms with Gasteiger partial charge in [0.2, 0.25) is 11.6 Å². The number of fused-ring (bicyclic) bond motifs is 1. The van der Waals surface area contributed by atoms with Gasteiger partial charge in [0.05, 0.1) is 26.4 Å². The Hall–Kier alpha value is -3.11. The van der Waals surface area contributed by atoms with Gasteiger partial charge in [0.1, 0.15) is 12.0 Å². The number of methoxy groups -OCH3 is 2. The second-order valence-corrected chi connectivity index (χ2v) is 10.1. The van der Waals surface area contributed by atoms with E-state index in [1.807, 2.05) is 11.8 Å². The molecule has 0 unspecified atom stereocenters. The molecule has 1 aromatic carbocycles. The highest BCUT2D eigenvalue weighted by Gasteiger charge is 2.48. The lowest BCUT2D eigenvalue weighted by Gasteiger charge is -2.39. The van der Waals surface area contributed by atoms with Gasteiger partial charge < -0.3 is 19.5 Å². The van der Waals surface area contributed by atoms with Gasteiger partial charge in [0.15, 0.2) is 16.7 Å². The third-order valence-electron chi connectivity index (χ3n) is 7.19. The largest absolute Gasteiger partial charge is 0.493 e. The summed E-state index contributed by atoms with van der Waals surface area (Å²) < 4.78 is 13.4. The smallest absolute Gasteiger partial charge is 0.297 e. The minimum atomic E-state index is -1.12.